The Labute approximate surface area is 136 Å². The maximum absolute atomic E-state index is 12.7. The van der Waals surface area contributed by atoms with E-state index in [0.29, 0.717) is 16.1 Å². The second kappa shape index (κ2) is 4.67. The predicted octanol–water partition coefficient (Wildman–Crippen LogP) is 2.27. The number of ether oxygens (including phenoxy) is 1. The monoisotopic (exact) mass is 327 g/mol. The lowest BCUT2D eigenvalue weighted by molar-refractivity contribution is -0.155. The molecule has 23 heavy (non-hydrogen) atoms. The van der Waals surface area contributed by atoms with Gasteiger partial charge in [0.1, 0.15) is 0 Å². The summed E-state index contributed by atoms with van der Waals surface area (Å²) in [4.78, 5) is 37.8. The Morgan fingerprint density at radius 1 is 0.957 bits per heavy atom. The summed E-state index contributed by atoms with van der Waals surface area (Å²) < 4.78 is 5.39. The number of carbonyl (C=O) groups is 3. The normalized spacial score (nSPS) is 22.7. The molecule has 1 unspecified atom stereocenters. The standard InChI is InChI=1S/C17H10ClNO4/c18-12-7-5-11(6-8-12)17-9-10-3-1-2-4-13(10)14(20)19(17)15(21)16(22)23-17/h1-8H,9H2. The van der Waals surface area contributed by atoms with E-state index in [2.05, 4.69) is 0 Å². The number of nitrogens with zero attached hydrogens (tertiary/aromatic N) is 1. The maximum atomic E-state index is 12.7. The highest BCUT2D eigenvalue weighted by Crippen LogP contribution is 2.43. The molecule has 2 aliphatic rings. The van der Waals surface area contributed by atoms with Crippen LogP contribution in [0, 0.1) is 0 Å². The molecule has 0 spiro atoms. The molecule has 2 aromatic carbocycles. The minimum absolute atomic E-state index is 0.216. The second-order valence-electron chi connectivity index (χ2n) is 5.46. The zero-order chi connectivity index (χ0) is 16.2. The first kappa shape index (κ1) is 14.0. The van der Waals surface area contributed by atoms with Crippen molar-refractivity contribution in [1.29, 1.82) is 0 Å². The van der Waals surface area contributed by atoms with E-state index >= 15 is 0 Å². The topological polar surface area (TPSA) is 63.7 Å². The van der Waals surface area contributed by atoms with Gasteiger partial charge in [-0.25, -0.2) is 9.69 Å². The Kier molecular flexibility index (Phi) is 2.83. The van der Waals surface area contributed by atoms with Crippen molar-refractivity contribution >= 4 is 29.4 Å². The summed E-state index contributed by atoms with van der Waals surface area (Å²) in [6.45, 7) is 0. The number of carbonyl (C=O) groups excluding carboxylic acids is 3. The second-order valence-corrected chi connectivity index (χ2v) is 5.90. The SMILES string of the molecule is O=C1OC2(c3ccc(Cl)cc3)Cc3ccccc3C(=O)N2C1=O. The molecule has 2 heterocycles. The van der Waals surface area contributed by atoms with Crippen molar-refractivity contribution in [3.63, 3.8) is 0 Å². The molecule has 0 radical (unpaired) electrons. The van der Waals surface area contributed by atoms with Gasteiger partial charge in [0.25, 0.3) is 5.91 Å². The van der Waals surface area contributed by atoms with Gasteiger partial charge in [-0.1, -0.05) is 41.9 Å². The number of rotatable bonds is 1. The molecular weight excluding hydrogens is 318 g/mol. The first-order valence-corrected chi connectivity index (χ1v) is 7.36. The minimum Gasteiger partial charge on any atom is -0.426 e. The van der Waals surface area contributed by atoms with E-state index in [1.165, 1.54) is 0 Å². The smallest absolute Gasteiger partial charge is 0.400 e. The van der Waals surface area contributed by atoms with Crippen molar-refractivity contribution in [3.8, 4) is 0 Å². The van der Waals surface area contributed by atoms with E-state index in [-0.39, 0.29) is 6.42 Å². The molecule has 6 heteroatoms. The quantitative estimate of drug-likeness (QED) is 0.458. The van der Waals surface area contributed by atoms with Crippen molar-refractivity contribution in [2.75, 3.05) is 0 Å². The van der Waals surface area contributed by atoms with Gasteiger partial charge in [-0.3, -0.25) is 9.59 Å². The lowest BCUT2D eigenvalue weighted by atomic mass is 9.86. The average Bonchev–Trinajstić information content (AvgIpc) is 2.80. The van der Waals surface area contributed by atoms with Crippen LogP contribution in [0.4, 0.5) is 0 Å². The van der Waals surface area contributed by atoms with Crippen LogP contribution in [0.3, 0.4) is 0 Å². The molecule has 114 valence electrons. The third-order valence-electron chi connectivity index (χ3n) is 4.18. The van der Waals surface area contributed by atoms with Crippen molar-refractivity contribution in [2.45, 2.75) is 12.1 Å². The van der Waals surface area contributed by atoms with E-state index in [0.717, 1.165) is 10.5 Å². The van der Waals surface area contributed by atoms with Crippen LogP contribution >= 0.6 is 11.6 Å². The molecule has 2 aromatic rings. The van der Waals surface area contributed by atoms with Gasteiger partial charge in [-0.2, -0.15) is 0 Å². The van der Waals surface area contributed by atoms with Gasteiger partial charge in [-0.15, -0.1) is 0 Å². The summed E-state index contributed by atoms with van der Waals surface area (Å²) in [5, 5.41) is 0.509. The van der Waals surface area contributed by atoms with Crippen molar-refractivity contribution in [2.24, 2.45) is 0 Å². The van der Waals surface area contributed by atoms with Crippen LogP contribution in [-0.2, 0) is 26.5 Å². The molecule has 1 atom stereocenters. The summed E-state index contributed by atoms with van der Waals surface area (Å²) in [6.07, 6.45) is 0.216. The average molecular weight is 328 g/mol. The van der Waals surface area contributed by atoms with Gasteiger partial charge in [0.15, 0.2) is 0 Å². The molecule has 0 N–H and O–H groups in total. The summed E-state index contributed by atoms with van der Waals surface area (Å²) in [5.41, 5.74) is 0.225. The van der Waals surface area contributed by atoms with Crippen LogP contribution in [0.1, 0.15) is 21.5 Å². The Morgan fingerprint density at radius 2 is 1.65 bits per heavy atom. The summed E-state index contributed by atoms with van der Waals surface area (Å²) >= 11 is 5.90. The molecule has 1 saturated heterocycles. The van der Waals surface area contributed by atoms with Gasteiger partial charge in [0.05, 0.1) is 0 Å². The fourth-order valence-electron chi connectivity index (χ4n) is 3.13. The molecule has 2 aliphatic heterocycles. The molecule has 5 nitrogen and oxygen atoms in total. The van der Waals surface area contributed by atoms with Gasteiger partial charge in [-0.05, 0) is 23.8 Å². The number of esters is 1. The van der Waals surface area contributed by atoms with E-state index in [9.17, 15) is 14.4 Å². The van der Waals surface area contributed by atoms with Crippen LogP contribution in [-0.4, -0.2) is 22.7 Å². The molecule has 4 rings (SSSR count). The zero-order valence-corrected chi connectivity index (χ0v) is 12.5. The summed E-state index contributed by atoms with van der Waals surface area (Å²) in [7, 11) is 0. The number of hydrogen-bond donors (Lipinski definition) is 0. The van der Waals surface area contributed by atoms with Crippen LogP contribution in [0.5, 0.6) is 0 Å². The molecule has 0 bridgehead atoms. The highest BCUT2D eigenvalue weighted by atomic mass is 35.5. The van der Waals surface area contributed by atoms with Crippen molar-refractivity contribution in [1.82, 2.24) is 4.90 Å². The highest BCUT2D eigenvalue weighted by Gasteiger charge is 2.59. The lowest BCUT2D eigenvalue weighted by Crippen LogP contribution is -2.52. The van der Waals surface area contributed by atoms with Crippen molar-refractivity contribution < 1.29 is 19.1 Å². The van der Waals surface area contributed by atoms with Crippen molar-refractivity contribution in [3.05, 3.63) is 70.2 Å². The highest BCUT2D eigenvalue weighted by molar-refractivity contribution is 6.38. The predicted molar refractivity (Wildman–Crippen MR) is 80.5 cm³/mol. The number of benzene rings is 2. The number of imide groups is 1. The minimum atomic E-state index is -1.44. The zero-order valence-electron chi connectivity index (χ0n) is 11.8. The Morgan fingerprint density at radius 3 is 2.39 bits per heavy atom. The van der Waals surface area contributed by atoms with Gasteiger partial charge in [0.2, 0.25) is 5.72 Å². The van der Waals surface area contributed by atoms with Crippen LogP contribution in [0.2, 0.25) is 5.02 Å². The molecule has 0 aromatic heterocycles. The first-order chi connectivity index (χ1) is 11.0. The van der Waals surface area contributed by atoms with E-state index in [1.54, 1.807) is 48.5 Å². The third-order valence-corrected chi connectivity index (χ3v) is 4.43. The van der Waals surface area contributed by atoms with E-state index in [4.69, 9.17) is 16.3 Å². The Bertz CT molecular complexity index is 861. The van der Waals surface area contributed by atoms with Crippen LogP contribution < -0.4 is 0 Å². The number of amides is 2. The number of halogens is 1. The third kappa shape index (κ3) is 1.83. The largest absolute Gasteiger partial charge is 0.426 e. The van der Waals surface area contributed by atoms with Gasteiger partial charge in [0, 0.05) is 22.6 Å². The maximum Gasteiger partial charge on any atom is 0.400 e. The van der Waals surface area contributed by atoms with Crippen LogP contribution in [0.15, 0.2) is 48.5 Å². The lowest BCUT2D eigenvalue weighted by Gasteiger charge is -2.38. The van der Waals surface area contributed by atoms with E-state index < -0.39 is 23.5 Å². The molecule has 0 saturated carbocycles. The van der Waals surface area contributed by atoms with Gasteiger partial charge >= 0.3 is 11.9 Å². The molecule has 2 amide bonds. The van der Waals surface area contributed by atoms with Crippen LogP contribution in [0.25, 0.3) is 0 Å². The fraction of sp³-hybridized carbons (Fsp3) is 0.118. The first-order valence-electron chi connectivity index (χ1n) is 6.99. The number of fused-ring (bicyclic) bond motifs is 2. The fourth-order valence-corrected chi connectivity index (χ4v) is 3.26. The number of hydrogen-bond acceptors (Lipinski definition) is 4. The molecular formula is C17H10ClNO4. The Hall–Kier alpha value is -2.66. The van der Waals surface area contributed by atoms with E-state index in [1.807, 2.05) is 0 Å². The molecule has 0 aliphatic carbocycles. The summed E-state index contributed by atoms with van der Waals surface area (Å²) in [5.74, 6) is -2.50. The Balaban J connectivity index is 1.96. The van der Waals surface area contributed by atoms with Gasteiger partial charge < -0.3 is 4.74 Å². The summed E-state index contributed by atoms with van der Waals surface area (Å²) in [6, 6.07) is 13.5. The molecule has 1 fully saturated rings.